The molecule has 0 atom stereocenters. The van der Waals surface area contributed by atoms with Crippen molar-refractivity contribution in [2.75, 3.05) is 26.2 Å². The first-order valence-electron chi connectivity index (χ1n) is 9.62. The zero-order valence-corrected chi connectivity index (χ0v) is 15.7. The molecule has 27 heavy (non-hydrogen) atoms. The minimum absolute atomic E-state index is 0.777. The fourth-order valence-electron chi connectivity index (χ4n) is 3.50. The number of rotatable bonds is 5. The summed E-state index contributed by atoms with van der Waals surface area (Å²) < 4.78 is 0. The molecule has 0 spiro atoms. The van der Waals surface area contributed by atoms with E-state index in [0.29, 0.717) is 0 Å². The molecule has 1 aliphatic rings. The number of nitrogens with one attached hydrogen (secondary N) is 1. The average Bonchev–Trinajstić information content (AvgIpc) is 2.75. The van der Waals surface area contributed by atoms with Gasteiger partial charge in [-0.15, -0.1) is 0 Å². The molecular weight excluding hydrogens is 334 g/mol. The van der Waals surface area contributed by atoms with Crippen LogP contribution >= 0.6 is 0 Å². The zero-order valence-electron chi connectivity index (χ0n) is 15.7. The molecule has 0 amide bonds. The molecule has 5 nitrogen and oxygen atoms in total. The summed E-state index contributed by atoms with van der Waals surface area (Å²) in [6.45, 7) is 7.37. The van der Waals surface area contributed by atoms with E-state index in [1.165, 1.54) is 5.56 Å². The normalized spacial score (nSPS) is 15.0. The van der Waals surface area contributed by atoms with E-state index in [-0.39, 0.29) is 0 Å². The first kappa shape index (κ1) is 17.8. The van der Waals surface area contributed by atoms with Crippen LogP contribution in [-0.4, -0.2) is 46.0 Å². The second-order valence-electron chi connectivity index (χ2n) is 6.86. The van der Waals surface area contributed by atoms with Crippen molar-refractivity contribution >= 4 is 0 Å². The Bertz CT molecular complexity index is 871. The lowest BCUT2D eigenvalue weighted by atomic mass is 9.98. The first-order chi connectivity index (χ1) is 13.3. The maximum atomic E-state index is 4.70. The van der Waals surface area contributed by atoms with Gasteiger partial charge in [-0.05, 0) is 35.7 Å². The van der Waals surface area contributed by atoms with Crippen molar-refractivity contribution in [3.63, 3.8) is 0 Å². The molecule has 1 aromatic carbocycles. The number of aromatic nitrogens is 3. The van der Waals surface area contributed by atoms with E-state index in [9.17, 15) is 0 Å². The van der Waals surface area contributed by atoms with Crippen LogP contribution in [0.2, 0.25) is 0 Å². The summed E-state index contributed by atoms with van der Waals surface area (Å²) in [6, 6.07) is 12.7. The van der Waals surface area contributed by atoms with E-state index in [2.05, 4.69) is 57.4 Å². The van der Waals surface area contributed by atoms with Gasteiger partial charge in [-0.2, -0.15) is 0 Å². The summed E-state index contributed by atoms with van der Waals surface area (Å²) in [5.74, 6) is 0.777. The Morgan fingerprint density at radius 2 is 1.74 bits per heavy atom. The average molecular weight is 359 g/mol. The number of benzene rings is 1. The van der Waals surface area contributed by atoms with Crippen LogP contribution in [0.5, 0.6) is 0 Å². The molecule has 0 radical (unpaired) electrons. The van der Waals surface area contributed by atoms with Gasteiger partial charge in [-0.1, -0.05) is 25.1 Å². The summed E-state index contributed by atoms with van der Waals surface area (Å²) in [6.07, 6.45) is 6.52. The monoisotopic (exact) mass is 359 g/mol. The molecule has 3 aromatic rings. The van der Waals surface area contributed by atoms with E-state index >= 15 is 0 Å². The van der Waals surface area contributed by atoms with Gasteiger partial charge in [-0.25, -0.2) is 9.97 Å². The van der Waals surface area contributed by atoms with Crippen molar-refractivity contribution in [2.24, 2.45) is 0 Å². The lowest BCUT2D eigenvalue weighted by molar-refractivity contribution is 0.231. The molecule has 0 unspecified atom stereocenters. The largest absolute Gasteiger partial charge is 0.314 e. The number of nitrogens with zero attached hydrogens (tertiary/aromatic N) is 4. The Morgan fingerprint density at radius 1 is 0.963 bits per heavy atom. The molecule has 0 aliphatic carbocycles. The predicted molar refractivity (Wildman–Crippen MR) is 108 cm³/mol. The van der Waals surface area contributed by atoms with Crippen LogP contribution < -0.4 is 5.32 Å². The standard InChI is InChI=1S/C22H25N5/c1-2-17-4-5-18(14-21(17)22-24-8-3-9-25-22)19-6-7-20(26-15-19)16-27-12-10-23-11-13-27/h3-9,14-15,23H,2,10-13,16H2,1H3. The minimum Gasteiger partial charge on any atom is -0.314 e. The van der Waals surface area contributed by atoms with Crippen molar-refractivity contribution in [3.05, 3.63) is 66.2 Å². The third kappa shape index (κ3) is 4.21. The number of hydrogen-bond donors (Lipinski definition) is 1. The quantitative estimate of drug-likeness (QED) is 0.758. The van der Waals surface area contributed by atoms with Gasteiger partial charge in [0.05, 0.1) is 5.69 Å². The van der Waals surface area contributed by atoms with Gasteiger partial charge < -0.3 is 5.32 Å². The summed E-state index contributed by atoms with van der Waals surface area (Å²) in [7, 11) is 0. The molecule has 1 aliphatic heterocycles. The fourth-order valence-corrected chi connectivity index (χ4v) is 3.50. The third-order valence-electron chi connectivity index (χ3n) is 5.05. The van der Waals surface area contributed by atoms with Crippen LogP contribution in [0.3, 0.4) is 0 Å². The molecule has 0 bridgehead atoms. The molecular formula is C22H25N5. The Balaban J connectivity index is 1.57. The number of piperazine rings is 1. The van der Waals surface area contributed by atoms with Crippen molar-refractivity contribution in [2.45, 2.75) is 19.9 Å². The number of pyridine rings is 1. The van der Waals surface area contributed by atoms with Crippen LogP contribution in [-0.2, 0) is 13.0 Å². The Kier molecular flexibility index (Phi) is 5.51. The van der Waals surface area contributed by atoms with E-state index in [0.717, 1.165) is 67.4 Å². The second kappa shape index (κ2) is 8.37. The highest BCUT2D eigenvalue weighted by molar-refractivity contribution is 5.72. The number of hydrogen-bond acceptors (Lipinski definition) is 5. The van der Waals surface area contributed by atoms with Gasteiger partial charge in [-0.3, -0.25) is 9.88 Å². The van der Waals surface area contributed by atoms with Crippen LogP contribution in [0.1, 0.15) is 18.2 Å². The van der Waals surface area contributed by atoms with Crippen LogP contribution in [0.25, 0.3) is 22.5 Å². The molecule has 4 rings (SSSR count). The van der Waals surface area contributed by atoms with Crippen molar-refractivity contribution in [3.8, 4) is 22.5 Å². The first-order valence-corrected chi connectivity index (χ1v) is 9.62. The number of aryl methyl sites for hydroxylation is 1. The van der Waals surface area contributed by atoms with Crippen LogP contribution in [0.4, 0.5) is 0 Å². The van der Waals surface area contributed by atoms with Gasteiger partial charge in [0.2, 0.25) is 0 Å². The minimum atomic E-state index is 0.777. The van der Waals surface area contributed by atoms with Crippen LogP contribution in [0.15, 0.2) is 55.0 Å². The fraction of sp³-hybridized carbons (Fsp3) is 0.318. The lowest BCUT2D eigenvalue weighted by Crippen LogP contribution is -2.43. The maximum absolute atomic E-state index is 4.70. The molecule has 1 saturated heterocycles. The van der Waals surface area contributed by atoms with Gasteiger partial charge >= 0.3 is 0 Å². The van der Waals surface area contributed by atoms with Gasteiger partial charge in [0.25, 0.3) is 0 Å². The van der Waals surface area contributed by atoms with Crippen LogP contribution in [0, 0.1) is 0 Å². The van der Waals surface area contributed by atoms with E-state index in [1.54, 1.807) is 12.4 Å². The molecule has 3 heterocycles. The van der Waals surface area contributed by atoms with E-state index in [4.69, 9.17) is 4.98 Å². The molecule has 2 aromatic heterocycles. The topological polar surface area (TPSA) is 53.9 Å². The molecule has 0 saturated carbocycles. The SMILES string of the molecule is CCc1ccc(-c2ccc(CN3CCNCC3)nc2)cc1-c1ncccn1. The summed E-state index contributed by atoms with van der Waals surface area (Å²) in [5, 5.41) is 3.39. The Hall–Kier alpha value is -2.63. The predicted octanol–water partition coefficient (Wildman–Crippen LogP) is 3.17. The molecule has 5 heteroatoms. The Morgan fingerprint density at radius 3 is 2.44 bits per heavy atom. The highest BCUT2D eigenvalue weighted by Gasteiger charge is 2.12. The lowest BCUT2D eigenvalue weighted by Gasteiger charge is -2.26. The maximum Gasteiger partial charge on any atom is 0.159 e. The van der Waals surface area contributed by atoms with Crippen molar-refractivity contribution < 1.29 is 0 Å². The summed E-state index contributed by atoms with van der Waals surface area (Å²) >= 11 is 0. The highest BCUT2D eigenvalue weighted by atomic mass is 15.2. The molecule has 1 N–H and O–H groups in total. The third-order valence-corrected chi connectivity index (χ3v) is 5.05. The van der Waals surface area contributed by atoms with E-state index in [1.807, 2.05) is 12.3 Å². The van der Waals surface area contributed by atoms with Crippen molar-refractivity contribution in [1.29, 1.82) is 0 Å². The summed E-state index contributed by atoms with van der Waals surface area (Å²) in [5.41, 5.74) is 5.75. The van der Waals surface area contributed by atoms with E-state index < -0.39 is 0 Å². The smallest absolute Gasteiger partial charge is 0.159 e. The van der Waals surface area contributed by atoms with Gasteiger partial charge in [0.1, 0.15) is 0 Å². The zero-order chi connectivity index (χ0) is 18.5. The summed E-state index contributed by atoms with van der Waals surface area (Å²) in [4.78, 5) is 16.0. The van der Waals surface area contributed by atoms with Gasteiger partial charge in [0, 0.05) is 62.4 Å². The highest BCUT2D eigenvalue weighted by Crippen LogP contribution is 2.28. The Labute approximate surface area is 160 Å². The second-order valence-corrected chi connectivity index (χ2v) is 6.86. The molecule has 1 fully saturated rings. The van der Waals surface area contributed by atoms with Gasteiger partial charge in [0.15, 0.2) is 5.82 Å². The molecule has 138 valence electrons. The van der Waals surface area contributed by atoms with Crippen molar-refractivity contribution in [1.82, 2.24) is 25.2 Å².